The highest BCUT2D eigenvalue weighted by Gasteiger charge is 2.18. The monoisotopic (exact) mass is 304 g/mol. The van der Waals surface area contributed by atoms with Crippen LogP contribution in [0.5, 0.6) is 0 Å². The van der Waals surface area contributed by atoms with Crippen molar-refractivity contribution in [1.82, 2.24) is 10.2 Å². The summed E-state index contributed by atoms with van der Waals surface area (Å²) in [4.78, 5) is 2.13. The van der Waals surface area contributed by atoms with Gasteiger partial charge in [0.1, 0.15) is 0 Å². The van der Waals surface area contributed by atoms with Crippen molar-refractivity contribution in [3.05, 3.63) is 33.8 Å². The topological polar surface area (TPSA) is 15.3 Å². The minimum Gasteiger partial charge on any atom is -0.312 e. The van der Waals surface area contributed by atoms with E-state index in [1.54, 1.807) is 12.1 Å². The molecule has 5 heteroatoms. The molecule has 0 bridgehead atoms. The molecule has 0 aliphatic carbocycles. The van der Waals surface area contributed by atoms with Gasteiger partial charge >= 0.3 is 0 Å². The van der Waals surface area contributed by atoms with Crippen LogP contribution in [-0.2, 0) is 6.54 Å². The van der Waals surface area contributed by atoms with Crippen molar-refractivity contribution in [2.45, 2.75) is 19.5 Å². The number of nitrogens with zero attached hydrogens (tertiary/aromatic N) is 1. The average Bonchev–Trinajstić information content (AvgIpc) is 2.30. The third-order valence-corrected chi connectivity index (χ3v) is 3.57. The fraction of sp³-hybridized carbons (Fsp3) is 0.500. The largest absolute Gasteiger partial charge is 0.312 e. The molecule has 1 heterocycles. The highest BCUT2D eigenvalue weighted by atomic mass is 79.9. The lowest BCUT2D eigenvalue weighted by molar-refractivity contribution is 0.197. The third-order valence-electron chi connectivity index (χ3n) is 2.96. The number of rotatable bonds is 2. The van der Waals surface area contributed by atoms with Crippen molar-refractivity contribution < 1.29 is 8.78 Å². The van der Waals surface area contributed by atoms with Gasteiger partial charge in [-0.05, 0) is 28.9 Å². The lowest BCUT2D eigenvalue weighted by Gasteiger charge is -2.31. The van der Waals surface area contributed by atoms with E-state index < -0.39 is 11.6 Å². The van der Waals surface area contributed by atoms with E-state index in [-0.39, 0.29) is 4.47 Å². The maximum atomic E-state index is 13.7. The summed E-state index contributed by atoms with van der Waals surface area (Å²) < 4.78 is 27.2. The van der Waals surface area contributed by atoms with E-state index >= 15 is 0 Å². The minimum atomic E-state index is -0.800. The Morgan fingerprint density at radius 1 is 1.41 bits per heavy atom. The van der Waals surface area contributed by atoms with Crippen LogP contribution >= 0.6 is 15.9 Å². The minimum absolute atomic E-state index is 0.174. The zero-order valence-electron chi connectivity index (χ0n) is 9.64. The summed E-state index contributed by atoms with van der Waals surface area (Å²) in [5.74, 6) is -1.55. The number of hydrogen-bond acceptors (Lipinski definition) is 2. The first-order chi connectivity index (χ1) is 8.08. The first-order valence-electron chi connectivity index (χ1n) is 5.66. The van der Waals surface area contributed by atoms with Crippen molar-refractivity contribution >= 4 is 15.9 Å². The summed E-state index contributed by atoms with van der Waals surface area (Å²) in [5, 5.41) is 3.32. The van der Waals surface area contributed by atoms with E-state index in [9.17, 15) is 8.78 Å². The first kappa shape index (κ1) is 12.9. The molecule has 0 unspecified atom stereocenters. The zero-order valence-corrected chi connectivity index (χ0v) is 11.2. The molecule has 1 saturated heterocycles. The Morgan fingerprint density at radius 2 is 2.18 bits per heavy atom. The molecule has 1 aliphatic rings. The number of benzene rings is 1. The van der Waals surface area contributed by atoms with Gasteiger partial charge in [-0.3, -0.25) is 4.90 Å². The Kier molecular flexibility index (Phi) is 4.12. The second-order valence-electron chi connectivity index (χ2n) is 4.42. The van der Waals surface area contributed by atoms with Crippen LogP contribution < -0.4 is 5.32 Å². The van der Waals surface area contributed by atoms with Crippen LogP contribution in [0, 0.1) is 11.6 Å². The van der Waals surface area contributed by atoms with Gasteiger partial charge in [0.25, 0.3) is 0 Å². The standard InChI is InChI=1S/C12H15BrF2N2/c1-8-6-17(5-4-16-8)7-9-2-3-10(13)12(15)11(9)14/h2-3,8,16H,4-7H2,1H3/t8-/m0/s1. The van der Waals surface area contributed by atoms with E-state index in [4.69, 9.17) is 0 Å². The summed E-state index contributed by atoms with van der Waals surface area (Å²) in [6.45, 7) is 5.16. The number of hydrogen-bond donors (Lipinski definition) is 1. The van der Waals surface area contributed by atoms with E-state index in [0.29, 0.717) is 18.2 Å². The van der Waals surface area contributed by atoms with Crippen LogP contribution in [0.1, 0.15) is 12.5 Å². The molecule has 17 heavy (non-hydrogen) atoms. The molecule has 1 aromatic rings. The SMILES string of the molecule is C[C@H]1CN(Cc2ccc(Br)c(F)c2F)CCN1. The molecule has 0 saturated carbocycles. The Bertz CT molecular complexity index is 412. The van der Waals surface area contributed by atoms with Gasteiger partial charge in [0.15, 0.2) is 11.6 Å². The quantitative estimate of drug-likeness (QED) is 0.845. The van der Waals surface area contributed by atoms with E-state index in [0.717, 1.165) is 19.6 Å². The van der Waals surface area contributed by atoms with Crippen molar-refractivity contribution in [2.24, 2.45) is 0 Å². The molecule has 0 radical (unpaired) electrons. The number of piperazine rings is 1. The fourth-order valence-electron chi connectivity index (χ4n) is 2.08. The summed E-state index contributed by atoms with van der Waals surface area (Å²) in [7, 11) is 0. The molecular formula is C12H15BrF2N2. The molecule has 1 N–H and O–H groups in total. The molecule has 94 valence electrons. The van der Waals surface area contributed by atoms with E-state index in [1.165, 1.54) is 0 Å². The third kappa shape index (κ3) is 3.03. The van der Waals surface area contributed by atoms with Gasteiger partial charge < -0.3 is 5.32 Å². The zero-order chi connectivity index (χ0) is 12.4. The maximum absolute atomic E-state index is 13.7. The Labute approximate surface area is 108 Å². The highest BCUT2D eigenvalue weighted by molar-refractivity contribution is 9.10. The molecule has 0 aromatic heterocycles. The number of halogens is 3. The van der Waals surface area contributed by atoms with Crippen molar-refractivity contribution in [3.8, 4) is 0 Å². The summed E-state index contributed by atoms with van der Waals surface area (Å²) in [6, 6.07) is 3.58. The van der Waals surface area contributed by atoms with Gasteiger partial charge in [0, 0.05) is 37.8 Å². The smallest absolute Gasteiger partial charge is 0.173 e. The fourth-order valence-corrected chi connectivity index (χ4v) is 2.39. The summed E-state index contributed by atoms with van der Waals surface area (Å²) in [6.07, 6.45) is 0. The highest BCUT2D eigenvalue weighted by Crippen LogP contribution is 2.22. The van der Waals surface area contributed by atoms with Crippen LogP contribution in [-0.4, -0.2) is 30.6 Å². The first-order valence-corrected chi connectivity index (χ1v) is 6.45. The van der Waals surface area contributed by atoms with Gasteiger partial charge in [-0.15, -0.1) is 0 Å². The Hall–Kier alpha value is -0.520. The molecule has 0 spiro atoms. The van der Waals surface area contributed by atoms with Crippen LogP contribution in [0.4, 0.5) is 8.78 Å². The normalized spacial score (nSPS) is 21.8. The van der Waals surface area contributed by atoms with Crippen molar-refractivity contribution in [1.29, 1.82) is 0 Å². The predicted octanol–water partition coefficient (Wildman–Crippen LogP) is 2.52. The van der Waals surface area contributed by atoms with Gasteiger partial charge in [-0.25, -0.2) is 8.78 Å². The lowest BCUT2D eigenvalue weighted by Crippen LogP contribution is -2.48. The molecule has 1 aromatic carbocycles. The van der Waals surface area contributed by atoms with Crippen molar-refractivity contribution in [2.75, 3.05) is 19.6 Å². The van der Waals surface area contributed by atoms with Crippen LogP contribution in [0.3, 0.4) is 0 Å². The molecule has 1 fully saturated rings. The van der Waals surface area contributed by atoms with Gasteiger partial charge in [0.05, 0.1) is 4.47 Å². The lowest BCUT2D eigenvalue weighted by atomic mass is 10.1. The van der Waals surface area contributed by atoms with E-state index in [2.05, 4.69) is 33.1 Å². The molecule has 2 nitrogen and oxygen atoms in total. The second-order valence-corrected chi connectivity index (χ2v) is 5.28. The molecule has 1 aliphatic heterocycles. The van der Waals surface area contributed by atoms with Gasteiger partial charge in [-0.2, -0.15) is 0 Å². The van der Waals surface area contributed by atoms with Crippen molar-refractivity contribution in [3.63, 3.8) is 0 Å². The van der Waals surface area contributed by atoms with Crippen LogP contribution in [0.2, 0.25) is 0 Å². The molecule has 2 rings (SSSR count). The van der Waals surface area contributed by atoms with Gasteiger partial charge in [-0.1, -0.05) is 6.07 Å². The summed E-state index contributed by atoms with van der Waals surface area (Å²) in [5.41, 5.74) is 0.416. The van der Waals surface area contributed by atoms with Crippen LogP contribution in [0.25, 0.3) is 0 Å². The van der Waals surface area contributed by atoms with Crippen LogP contribution in [0.15, 0.2) is 16.6 Å². The Balaban J connectivity index is 2.10. The molecular weight excluding hydrogens is 290 g/mol. The molecule has 0 amide bonds. The molecule has 1 atom stereocenters. The second kappa shape index (κ2) is 5.42. The van der Waals surface area contributed by atoms with Gasteiger partial charge in [0.2, 0.25) is 0 Å². The number of nitrogens with one attached hydrogen (secondary N) is 1. The maximum Gasteiger partial charge on any atom is 0.173 e. The Morgan fingerprint density at radius 3 is 2.88 bits per heavy atom. The average molecular weight is 305 g/mol. The van der Waals surface area contributed by atoms with E-state index in [1.807, 2.05) is 0 Å². The summed E-state index contributed by atoms with van der Waals surface area (Å²) >= 11 is 2.98. The predicted molar refractivity (Wildman–Crippen MR) is 66.8 cm³/mol.